The number of amides is 2. The van der Waals surface area contributed by atoms with Gasteiger partial charge in [-0.3, -0.25) is 0 Å². The van der Waals surface area contributed by atoms with Crippen molar-refractivity contribution in [2.45, 2.75) is 44.8 Å². The molecular formula is C18H24ClF3N4O. The Morgan fingerprint density at radius 2 is 1.89 bits per heavy atom. The number of pyridine rings is 1. The minimum absolute atomic E-state index is 0.0289. The number of halogens is 4. The summed E-state index contributed by atoms with van der Waals surface area (Å²) in [7, 11) is 0. The van der Waals surface area contributed by atoms with E-state index in [4.69, 9.17) is 11.6 Å². The van der Waals surface area contributed by atoms with Gasteiger partial charge in [0.25, 0.3) is 0 Å². The number of carbonyl (C=O) groups is 1. The standard InChI is InChI=1S/C18H24ClF3N4O/c1-12-4-2-3-5-15(12)24-17(27)26-8-6-25(7-9-26)16-14(19)10-13(11-23-16)18(20,21)22/h10-12,15H,2-9H2,1H3,(H,24,27). The van der Waals surface area contributed by atoms with Crippen LogP contribution in [0.1, 0.15) is 38.2 Å². The molecule has 2 amide bonds. The molecule has 27 heavy (non-hydrogen) atoms. The smallest absolute Gasteiger partial charge is 0.352 e. The summed E-state index contributed by atoms with van der Waals surface area (Å²) in [6.45, 7) is 4.08. The Labute approximate surface area is 161 Å². The largest absolute Gasteiger partial charge is 0.417 e. The number of alkyl halides is 3. The molecule has 2 heterocycles. The zero-order valence-corrected chi connectivity index (χ0v) is 16.0. The molecule has 9 heteroatoms. The quantitative estimate of drug-likeness (QED) is 0.805. The Hall–Kier alpha value is -1.70. The van der Waals surface area contributed by atoms with Gasteiger partial charge in [-0.05, 0) is 24.8 Å². The van der Waals surface area contributed by atoms with Gasteiger partial charge in [0.1, 0.15) is 5.82 Å². The first-order chi connectivity index (χ1) is 12.8. The molecule has 1 aromatic heterocycles. The van der Waals surface area contributed by atoms with Crippen molar-refractivity contribution in [3.05, 3.63) is 22.8 Å². The van der Waals surface area contributed by atoms with E-state index >= 15 is 0 Å². The fourth-order valence-electron chi connectivity index (χ4n) is 3.72. The van der Waals surface area contributed by atoms with Crippen LogP contribution >= 0.6 is 11.6 Å². The second-order valence-electron chi connectivity index (χ2n) is 7.32. The van der Waals surface area contributed by atoms with Crippen molar-refractivity contribution in [2.75, 3.05) is 31.1 Å². The third kappa shape index (κ3) is 4.78. The maximum absolute atomic E-state index is 12.7. The molecule has 1 saturated heterocycles. The Morgan fingerprint density at radius 1 is 1.22 bits per heavy atom. The number of anilines is 1. The number of hydrogen-bond donors (Lipinski definition) is 1. The summed E-state index contributed by atoms with van der Waals surface area (Å²) in [5, 5.41) is 3.10. The predicted octanol–water partition coefficient (Wildman–Crippen LogP) is 4.16. The zero-order valence-electron chi connectivity index (χ0n) is 15.2. The molecule has 0 aromatic carbocycles. The highest BCUT2D eigenvalue weighted by Gasteiger charge is 2.33. The van der Waals surface area contributed by atoms with Crippen molar-refractivity contribution in [2.24, 2.45) is 5.92 Å². The number of aromatic nitrogens is 1. The number of carbonyl (C=O) groups excluding carboxylic acids is 1. The van der Waals surface area contributed by atoms with Crippen LogP contribution in [-0.2, 0) is 6.18 Å². The van der Waals surface area contributed by atoms with Crippen LogP contribution in [-0.4, -0.2) is 48.1 Å². The highest BCUT2D eigenvalue weighted by molar-refractivity contribution is 6.33. The fourth-order valence-corrected chi connectivity index (χ4v) is 4.01. The summed E-state index contributed by atoms with van der Waals surface area (Å²) in [6.07, 6.45) is 0.829. The molecule has 0 spiro atoms. The van der Waals surface area contributed by atoms with Gasteiger partial charge in [-0.15, -0.1) is 0 Å². The first-order valence-electron chi connectivity index (χ1n) is 9.29. The van der Waals surface area contributed by atoms with Crippen LogP contribution in [0.4, 0.5) is 23.8 Å². The van der Waals surface area contributed by atoms with Gasteiger partial charge in [-0.2, -0.15) is 13.2 Å². The van der Waals surface area contributed by atoms with Crippen molar-refractivity contribution in [1.29, 1.82) is 0 Å². The molecule has 2 aliphatic rings. The highest BCUT2D eigenvalue weighted by Crippen LogP contribution is 2.33. The van der Waals surface area contributed by atoms with E-state index in [0.29, 0.717) is 37.9 Å². The lowest BCUT2D eigenvalue weighted by Crippen LogP contribution is -2.54. The van der Waals surface area contributed by atoms with Crippen LogP contribution in [0.25, 0.3) is 0 Å². The Balaban J connectivity index is 1.56. The number of urea groups is 1. The molecule has 1 aliphatic carbocycles. The summed E-state index contributed by atoms with van der Waals surface area (Å²) in [6, 6.07) is 1.04. The first-order valence-corrected chi connectivity index (χ1v) is 9.66. The normalized spacial score (nSPS) is 24.0. The van der Waals surface area contributed by atoms with Crippen LogP contribution in [0.5, 0.6) is 0 Å². The number of rotatable bonds is 2. The predicted molar refractivity (Wildman–Crippen MR) is 98.0 cm³/mol. The van der Waals surface area contributed by atoms with Gasteiger partial charge >= 0.3 is 12.2 Å². The topological polar surface area (TPSA) is 48.5 Å². The van der Waals surface area contributed by atoms with E-state index in [1.165, 1.54) is 6.42 Å². The monoisotopic (exact) mass is 404 g/mol. The van der Waals surface area contributed by atoms with Crippen molar-refractivity contribution in [1.82, 2.24) is 15.2 Å². The molecule has 2 unspecified atom stereocenters. The third-order valence-corrected chi connectivity index (χ3v) is 5.71. The molecule has 1 aliphatic heterocycles. The lowest BCUT2D eigenvalue weighted by molar-refractivity contribution is -0.137. The number of piperazine rings is 1. The van der Waals surface area contributed by atoms with Crippen molar-refractivity contribution in [3.8, 4) is 0 Å². The molecule has 2 fully saturated rings. The van der Waals surface area contributed by atoms with Gasteiger partial charge in [-0.1, -0.05) is 31.4 Å². The van der Waals surface area contributed by atoms with E-state index in [-0.39, 0.29) is 17.1 Å². The minimum Gasteiger partial charge on any atom is -0.352 e. The van der Waals surface area contributed by atoms with Crippen LogP contribution in [0, 0.1) is 5.92 Å². The SMILES string of the molecule is CC1CCCCC1NC(=O)N1CCN(c2ncc(C(F)(F)F)cc2Cl)CC1. The summed E-state index contributed by atoms with van der Waals surface area (Å²) < 4.78 is 38.2. The van der Waals surface area contributed by atoms with Crippen LogP contribution in [0.3, 0.4) is 0 Å². The van der Waals surface area contributed by atoms with Gasteiger partial charge in [0, 0.05) is 38.4 Å². The molecule has 1 aromatic rings. The van der Waals surface area contributed by atoms with Gasteiger partial charge < -0.3 is 15.1 Å². The van der Waals surface area contributed by atoms with Crippen molar-refractivity contribution in [3.63, 3.8) is 0 Å². The summed E-state index contributed by atoms with van der Waals surface area (Å²) in [4.78, 5) is 20.0. The molecule has 1 saturated carbocycles. The maximum atomic E-state index is 12.7. The summed E-state index contributed by atoms with van der Waals surface area (Å²) in [5.74, 6) is 0.810. The average Bonchev–Trinajstić information content (AvgIpc) is 2.63. The number of nitrogens with zero attached hydrogens (tertiary/aromatic N) is 3. The fraction of sp³-hybridized carbons (Fsp3) is 0.667. The Morgan fingerprint density at radius 3 is 2.48 bits per heavy atom. The second-order valence-corrected chi connectivity index (χ2v) is 7.73. The van der Waals surface area contributed by atoms with E-state index < -0.39 is 11.7 Å². The van der Waals surface area contributed by atoms with E-state index in [2.05, 4.69) is 17.2 Å². The molecule has 0 radical (unpaired) electrons. The first kappa shape index (κ1) is 20.0. The third-order valence-electron chi connectivity index (χ3n) is 5.44. The Bertz CT molecular complexity index is 677. The number of hydrogen-bond acceptors (Lipinski definition) is 3. The molecule has 150 valence electrons. The highest BCUT2D eigenvalue weighted by atomic mass is 35.5. The molecule has 1 N–H and O–H groups in total. The zero-order chi connectivity index (χ0) is 19.6. The second kappa shape index (κ2) is 8.12. The van der Waals surface area contributed by atoms with Gasteiger partial charge in [-0.25, -0.2) is 9.78 Å². The maximum Gasteiger partial charge on any atom is 0.417 e. The lowest BCUT2D eigenvalue weighted by Gasteiger charge is -2.37. The van der Waals surface area contributed by atoms with Gasteiger partial charge in [0.15, 0.2) is 0 Å². The van der Waals surface area contributed by atoms with Crippen LogP contribution < -0.4 is 10.2 Å². The number of nitrogens with one attached hydrogen (secondary N) is 1. The average molecular weight is 405 g/mol. The molecular weight excluding hydrogens is 381 g/mol. The van der Waals surface area contributed by atoms with Crippen molar-refractivity contribution < 1.29 is 18.0 Å². The molecule has 3 rings (SSSR count). The molecule has 5 nitrogen and oxygen atoms in total. The minimum atomic E-state index is -4.47. The van der Waals surface area contributed by atoms with E-state index in [1.54, 1.807) is 4.90 Å². The lowest BCUT2D eigenvalue weighted by atomic mass is 9.86. The Kier molecular flexibility index (Phi) is 6.03. The van der Waals surface area contributed by atoms with Crippen LogP contribution in [0.15, 0.2) is 12.3 Å². The summed E-state index contributed by atoms with van der Waals surface area (Å²) >= 11 is 6.02. The van der Waals surface area contributed by atoms with Crippen molar-refractivity contribution >= 4 is 23.4 Å². The van der Waals surface area contributed by atoms with Gasteiger partial charge in [0.05, 0.1) is 10.6 Å². The van der Waals surface area contributed by atoms with Crippen LogP contribution in [0.2, 0.25) is 5.02 Å². The molecule has 2 atom stereocenters. The van der Waals surface area contributed by atoms with E-state index in [9.17, 15) is 18.0 Å². The summed E-state index contributed by atoms with van der Waals surface area (Å²) in [5.41, 5.74) is -0.865. The van der Waals surface area contributed by atoms with E-state index in [1.807, 2.05) is 4.90 Å². The molecule has 0 bridgehead atoms. The van der Waals surface area contributed by atoms with Gasteiger partial charge in [0.2, 0.25) is 0 Å². The van der Waals surface area contributed by atoms with E-state index in [0.717, 1.165) is 31.5 Å².